The topological polar surface area (TPSA) is 30.2 Å². The predicted molar refractivity (Wildman–Crippen MR) is 67.2 cm³/mol. The first-order valence-electron chi connectivity index (χ1n) is 5.36. The lowest BCUT2D eigenvalue weighted by Crippen LogP contribution is -1.95. The third-order valence-electron chi connectivity index (χ3n) is 2.65. The lowest BCUT2D eigenvalue weighted by atomic mass is 10.1. The van der Waals surface area contributed by atoms with Gasteiger partial charge < -0.3 is 0 Å². The van der Waals surface area contributed by atoms with Gasteiger partial charge in [0, 0.05) is 23.7 Å². The molecule has 2 heterocycles. The van der Waals surface area contributed by atoms with Gasteiger partial charge in [0.1, 0.15) is 5.82 Å². The molecule has 0 aliphatic heterocycles. The molecular formula is C13H10ClN3. The summed E-state index contributed by atoms with van der Waals surface area (Å²) in [5.41, 5.74) is 2.00. The summed E-state index contributed by atoms with van der Waals surface area (Å²) in [6, 6.07) is 13.9. The normalized spacial score (nSPS) is 10.9. The molecule has 0 unspecified atom stereocenters. The summed E-state index contributed by atoms with van der Waals surface area (Å²) < 4.78 is 1.96. The average molecular weight is 244 g/mol. The number of fused-ring (bicyclic) bond motifs is 1. The quantitative estimate of drug-likeness (QED) is 0.693. The first-order valence-corrected chi connectivity index (χ1v) is 5.74. The number of hydrogen-bond donors (Lipinski definition) is 0. The van der Waals surface area contributed by atoms with E-state index < -0.39 is 0 Å². The third-order valence-corrected chi connectivity index (χ3v) is 2.88. The third kappa shape index (κ3) is 2.01. The maximum Gasteiger partial charge on any atom is 0.162 e. The van der Waals surface area contributed by atoms with Gasteiger partial charge in [-0.3, -0.25) is 4.40 Å². The standard InChI is InChI=1S/C13H10ClN3/c14-11-6-7-17-12(15-16-13(17)9-11)8-10-4-2-1-3-5-10/h1-7,9H,8H2. The van der Waals surface area contributed by atoms with Crippen molar-refractivity contribution >= 4 is 17.2 Å². The molecule has 4 heteroatoms. The molecule has 0 bridgehead atoms. The zero-order valence-electron chi connectivity index (χ0n) is 9.05. The summed E-state index contributed by atoms with van der Waals surface area (Å²) in [5, 5.41) is 8.97. The second-order valence-electron chi connectivity index (χ2n) is 3.85. The molecule has 3 rings (SSSR count). The van der Waals surface area contributed by atoms with Gasteiger partial charge >= 0.3 is 0 Å². The zero-order chi connectivity index (χ0) is 11.7. The second-order valence-corrected chi connectivity index (χ2v) is 4.29. The van der Waals surface area contributed by atoms with Crippen LogP contribution in [0, 0.1) is 0 Å². The lowest BCUT2D eigenvalue weighted by Gasteiger charge is -2.00. The van der Waals surface area contributed by atoms with Crippen LogP contribution in [0.2, 0.25) is 5.02 Å². The number of halogens is 1. The van der Waals surface area contributed by atoms with Gasteiger partial charge in [0.15, 0.2) is 5.65 Å². The Hall–Kier alpha value is -1.87. The number of nitrogens with zero attached hydrogens (tertiary/aromatic N) is 3. The highest BCUT2D eigenvalue weighted by Gasteiger charge is 2.06. The van der Waals surface area contributed by atoms with Crippen LogP contribution in [-0.2, 0) is 6.42 Å². The molecular weight excluding hydrogens is 234 g/mol. The largest absolute Gasteiger partial charge is 0.286 e. The van der Waals surface area contributed by atoms with E-state index in [2.05, 4.69) is 22.3 Å². The molecule has 0 saturated carbocycles. The molecule has 0 aliphatic rings. The summed E-state index contributed by atoms with van der Waals surface area (Å²) in [6.45, 7) is 0. The fraction of sp³-hybridized carbons (Fsp3) is 0.0769. The van der Waals surface area contributed by atoms with Crippen LogP contribution in [0.25, 0.3) is 5.65 Å². The number of benzene rings is 1. The van der Waals surface area contributed by atoms with Crippen molar-refractivity contribution in [1.29, 1.82) is 0 Å². The van der Waals surface area contributed by atoms with Gasteiger partial charge in [-0.05, 0) is 11.6 Å². The maximum absolute atomic E-state index is 5.91. The number of hydrogen-bond acceptors (Lipinski definition) is 2. The summed E-state index contributed by atoms with van der Waals surface area (Å²) in [4.78, 5) is 0. The Labute approximate surface area is 104 Å². The number of aromatic nitrogens is 3. The van der Waals surface area contributed by atoms with Crippen LogP contribution in [0.4, 0.5) is 0 Å². The van der Waals surface area contributed by atoms with Crippen molar-refractivity contribution in [2.75, 3.05) is 0 Å². The molecule has 17 heavy (non-hydrogen) atoms. The van der Waals surface area contributed by atoms with E-state index in [0.717, 1.165) is 17.9 Å². The highest BCUT2D eigenvalue weighted by Crippen LogP contribution is 2.14. The van der Waals surface area contributed by atoms with Crippen molar-refractivity contribution in [3.63, 3.8) is 0 Å². The van der Waals surface area contributed by atoms with E-state index in [1.807, 2.05) is 40.9 Å². The Morgan fingerprint density at radius 3 is 2.71 bits per heavy atom. The Morgan fingerprint density at radius 2 is 1.88 bits per heavy atom. The molecule has 84 valence electrons. The summed E-state index contributed by atoms with van der Waals surface area (Å²) in [6.07, 6.45) is 2.67. The SMILES string of the molecule is Clc1ccn2c(Cc3ccccc3)nnc2c1. The van der Waals surface area contributed by atoms with Crippen molar-refractivity contribution in [3.8, 4) is 0 Å². The molecule has 0 atom stereocenters. The maximum atomic E-state index is 5.91. The van der Waals surface area contributed by atoms with Crippen molar-refractivity contribution < 1.29 is 0 Å². The summed E-state index contributed by atoms with van der Waals surface area (Å²) >= 11 is 5.91. The monoisotopic (exact) mass is 243 g/mol. The second kappa shape index (κ2) is 4.18. The Balaban J connectivity index is 2.01. The molecule has 0 fully saturated rings. The minimum atomic E-state index is 0.677. The molecule has 0 spiro atoms. The summed E-state index contributed by atoms with van der Waals surface area (Å²) in [7, 11) is 0. The minimum absolute atomic E-state index is 0.677. The molecule has 0 radical (unpaired) electrons. The number of pyridine rings is 1. The predicted octanol–water partition coefficient (Wildman–Crippen LogP) is 2.97. The van der Waals surface area contributed by atoms with Gasteiger partial charge in [0.05, 0.1) is 0 Å². The molecule has 3 nitrogen and oxygen atoms in total. The van der Waals surface area contributed by atoms with E-state index in [0.29, 0.717) is 5.02 Å². The van der Waals surface area contributed by atoms with Gasteiger partial charge in [0.2, 0.25) is 0 Å². The van der Waals surface area contributed by atoms with Gasteiger partial charge in [0.25, 0.3) is 0 Å². The Morgan fingerprint density at radius 1 is 1.06 bits per heavy atom. The van der Waals surface area contributed by atoms with Crippen LogP contribution in [0.15, 0.2) is 48.7 Å². The molecule has 3 aromatic rings. The molecule has 1 aromatic carbocycles. The van der Waals surface area contributed by atoms with Gasteiger partial charge in [-0.2, -0.15) is 0 Å². The van der Waals surface area contributed by atoms with Crippen molar-refractivity contribution in [2.24, 2.45) is 0 Å². The van der Waals surface area contributed by atoms with E-state index >= 15 is 0 Å². The highest BCUT2D eigenvalue weighted by molar-refractivity contribution is 6.30. The molecule has 0 amide bonds. The van der Waals surface area contributed by atoms with E-state index in [1.54, 1.807) is 0 Å². The minimum Gasteiger partial charge on any atom is -0.286 e. The first-order chi connectivity index (χ1) is 8.33. The van der Waals surface area contributed by atoms with Crippen LogP contribution in [0.3, 0.4) is 0 Å². The zero-order valence-corrected chi connectivity index (χ0v) is 9.80. The van der Waals surface area contributed by atoms with Crippen LogP contribution in [0.1, 0.15) is 11.4 Å². The van der Waals surface area contributed by atoms with Gasteiger partial charge in [-0.1, -0.05) is 41.9 Å². The van der Waals surface area contributed by atoms with E-state index in [9.17, 15) is 0 Å². The van der Waals surface area contributed by atoms with Crippen molar-refractivity contribution in [3.05, 3.63) is 65.1 Å². The lowest BCUT2D eigenvalue weighted by molar-refractivity contribution is 0.934. The average Bonchev–Trinajstić information content (AvgIpc) is 2.73. The Bertz CT molecular complexity index is 646. The van der Waals surface area contributed by atoms with Gasteiger partial charge in [-0.15, -0.1) is 10.2 Å². The van der Waals surface area contributed by atoms with Crippen LogP contribution >= 0.6 is 11.6 Å². The summed E-state index contributed by atoms with van der Waals surface area (Å²) in [5.74, 6) is 0.919. The van der Waals surface area contributed by atoms with Crippen molar-refractivity contribution in [2.45, 2.75) is 6.42 Å². The van der Waals surface area contributed by atoms with Crippen LogP contribution < -0.4 is 0 Å². The van der Waals surface area contributed by atoms with Gasteiger partial charge in [-0.25, -0.2) is 0 Å². The fourth-order valence-electron chi connectivity index (χ4n) is 1.81. The molecule has 2 aromatic heterocycles. The Kier molecular flexibility index (Phi) is 2.53. The first kappa shape index (κ1) is 10.3. The van der Waals surface area contributed by atoms with E-state index in [4.69, 9.17) is 11.6 Å². The molecule has 0 N–H and O–H groups in total. The smallest absolute Gasteiger partial charge is 0.162 e. The highest BCUT2D eigenvalue weighted by atomic mass is 35.5. The van der Waals surface area contributed by atoms with Crippen molar-refractivity contribution in [1.82, 2.24) is 14.6 Å². The van der Waals surface area contributed by atoms with Crippen LogP contribution in [-0.4, -0.2) is 14.6 Å². The van der Waals surface area contributed by atoms with E-state index in [1.165, 1.54) is 5.56 Å². The number of rotatable bonds is 2. The fourth-order valence-corrected chi connectivity index (χ4v) is 1.97. The molecule has 0 aliphatic carbocycles. The van der Waals surface area contributed by atoms with Crippen LogP contribution in [0.5, 0.6) is 0 Å². The molecule has 0 saturated heterocycles. The van der Waals surface area contributed by atoms with E-state index in [-0.39, 0.29) is 0 Å².